The summed E-state index contributed by atoms with van der Waals surface area (Å²) in [7, 11) is 0. The van der Waals surface area contributed by atoms with Crippen LogP contribution in [0.5, 0.6) is 0 Å². The van der Waals surface area contributed by atoms with E-state index in [1.54, 1.807) is 0 Å². The van der Waals surface area contributed by atoms with E-state index in [1.807, 2.05) is 0 Å². The first-order valence-electron chi connectivity index (χ1n) is 17.9. The van der Waals surface area contributed by atoms with E-state index in [0.29, 0.717) is 0 Å². The zero-order valence-electron chi connectivity index (χ0n) is 29.3. The van der Waals surface area contributed by atoms with Crippen molar-refractivity contribution in [1.29, 1.82) is 0 Å². The molecule has 7 aromatic carbocycles. The fourth-order valence-corrected chi connectivity index (χ4v) is 8.30. The van der Waals surface area contributed by atoms with Crippen LogP contribution in [0.15, 0.2) is 158 Å². The van der Waals surface area contributed by atoms with Crippen molar-refractivity contribution in [1.82, 2.24) is 4.57 Å². The minimum absolute atomic E-state index is 0.180. The molecule has 1 heterocycles. The Morgan fingerprint density at radius 1 is 0.440 bits per heavy atom. The molecule has 0 atom stereocenters. The smallest absolute Gasteiger partial charge is 0.0542 e. The summed E-state index contributed by atoms with van der Waals surface area (Å²) in [5.41, 5.74) is 12.8. The van der Waals surface area contributed by atoms with Crippen LogP contribution in [-0.4, -0.2) is 4.57 Å². The topological polar surface area (TPSA) is 8.17 Å². The third kappa shape index (κ3) is 5.01. The molecule has 2 heteroatoms. The van der Waals surface area contributed by atoms with Gasteiger partial charge in [-0.3, -0.25) is 0 Å². The molecule has 9 rings (SSSR count). The maximum absolute atomic E-state index is 2.48. The number of aromatic nitrogens is 1. The molecule has 0 saturated heterocycles. The summed E-state index contributed by atoms with van der Waals surface area (Å²) < 4.78 is 2.38. The molecule has 1 aliphatic carbocycles. The minimum atomic E-state index is 0.180. The summed E-state index contributed by atoms with van der Waals surface area (Å²) in [5, 5.41) is 5.13. The second-order valence-electron chi connectivity index (χ2n) is 15.3. The number of fused-ring (bicyclic) bond motifs is 5. The molecular formula is C48H42N2. The third-order valence-electron chi connectivity index (χ3n) is 11.2. The van der Waals surface area contributed by atoms with Crippen molar-refractivity contribution in [3.63, 3.8) is 0 Å². The van der Waals surface area contributed by atoms with Crippen molar-refractivity contribution in [3.05, 3.63) is 169 Å². The number of rotatable bonds is 5. The third-order valence-corrected chi connectivity index (χ3v) is 11.2. The monoisotopic (exact) mass is 646 g/mol. The number of para-hydroxylation sites is 3. The Hall–Kier alpha value is -5.60. The first-order chi connectivity index (χ1) is 24.3. The van der Waals surface area contributed by atoms with Crippen LogP contribution < -0.4 is 4.90 Å². The highest BCUT2D eigenvalue weighted by Crippen LogP contribution is 2.47. The highest BCUT2D eigenvalue weighted by atomic mass is 15.1. The van der Waals surface area contributed by atoms with Gasteiger partial charge in [0.15, 0.2) is 0 Å². The van der Waals surface area contributed by atoms with Crippen molar-refractivity contribution in [2.24, 2.45) is 0 Å². The van der Waals surface area contributed by atoms with Gasteiger partial charge in [0.25, 0.3) is 0 Å². The highest BCUT2D eigenvalue weighted by molar-refractivity contribution is 6.10. The zero-order chi connectivity index (χ0) is 34.0. The fraction of sp³-hybridized carbons (Fsp3) is 0.167. The lowest BCUT2D eigenvalue weighted by molar-refractivity contribution is 0.332. The largest absolute Gasteiger partial charge is 0.310 e. The van der Waals surface area contributed by atoms with E-state index in [-0.39, 0.29) is 10.8 Å². The normalized spacial score (nSPS) is 15.0. The zero-order valence-corrected chi connectivity index (χ0v) is 29.3. The average molecular weight is 647 g/mol. The summed E-state index contributed by atoms with van der Waals surface area (Å²) in [5.74, 6) is 0. The Morgan fingerprint density at radius 2 is 1.04 bits per heavy atom. The fourth-order valence-electron chi connectivity index (χ4n) is 8.30. The molecule has 0 unspecified atom stereocenters. The maximum Gasteiger partial charge on any atom is 0.0542 e. The van der Waals surface area contributed by atoms with Gasteiger partial charge in [0.05, 0.1) is 11.0 Å². The second-order valence-corrected chi connectivity index (χ2v) is 15.3. The molecule has 0 aliphatic heterocycles. The molecule has 244 valence electrons. The molecule has 0 N–H and O–H groups in total. The average Bonchev–Trinajstić information content (AvgIpc) is 3.48. The minimum Gasteiger partial charge on any atom is -0.310 e. The molecule has 0 amide bonds. The summed E-state index contributed by atoms with van der Waals surface area (Å²) in [6.07, 6.45) is 2.44. The van der Waals surface area contributed by atoms with E-state index >= 15 is 0 Å². The van der Waals surface area contributed by atoms with Gasteiger partial charge in [-0.25, -0.2) is 0 Å². The molecule has 50 heavy (non-hydrogen) atoms. The van der Waals surface area contributed by atoms with E-state index in [2.05, 4.69) is 195 Å². The number of hydrogen-bond donors (Lipinski definition) is 0. The predicted molar refractivity (Wildman–Crippen MR) is 214 cm³/mol. The molecule has 0 bridgehead atoms. The van der Waals surface area contributed by atoms with Gasteiger partial charge in [-0.15, -0.1) is 0 Å². The summed E-state index contributed by atoms with van der Waals surface area (Å²) in [6.45, 7) is 9.64. The van der Waals surface area contributed by atoms with Crippen molar-refractivity contribution in [3.8, 4) is 16.8 Å². The molecule has 0 fully saturated rings. The molecule has 0 radical (unpaired) electrons. The van der Waals surface area contributed by atoms with Crippen LogP contribution >= 0.6 is 0 Å². The Labute approximate surface area is 295 Å². The number of nitrogens with zero attached hydrogens (tertiary/aromatic N) is 2. The van der Waals surface area contributed by atoms with Gasteiger partial charge in [-0.1, -0.05) is 119 Å². The maximum atomic E-state index is 2.48. The summed E-state index contributed by atoms with van der Waals surface area (Å²) in [4.78, 5) is 2.39. The summed E-state index contributed by atoms with van der Waals surface area (Å²) in [6, 6.07) is 58.0. The number of benzene rings is 7. The van der Waals surface area contributed by atoms with E-state index in [1.165, 1.54) is 73.4 Å². The van der Waals surface area contributed by atoms with Gasteiger partial charge < -0.3 is 9.47 Å². The molecule has 1 aliphatic rings. The highest BCUT2D eigenvalue weighted by Gasteiger charge is 2.37. The summed E-state index contributed by atoms with van der Waals surface area (Å²) >= 11 is 0. The molecule has 2 nitrogen and oxygen atoms in total. The number of hydrogen-bond acceptors (Lipinski definition) is 1. The first-order valence-corrected chi connectivity index (χ1v) is 17.9. The Bertz CT molecular complexity index is 2540. The standard InChI is InChI=1S/C48H42N2/c1-47(2)26-27-48(3,4)44-31-36-28-34(22-23-35(36)30-43(44)47)33-14-13-19-39(29-33)49(37-15-7-5-8-16-37)40-24-25-46-42(32-40)41-20-11-12-21-45(41)50(46)38-17-9-6-10-18-38/h5-25,28-32H,26-27H2,1-4H3. The van der Waals surface area contributed by atoms with E-state index in [9.17, 15) is 0 Å². The molecular weight excluding hydrogens is 605 g/mol. The quantitative estimate of drug-likeness (QED) is 0.181. The lowest BCUT2D eigenvalue weighted by Crippen LogP contribution is -2.33. The van der Waals surface area contributed by atoms with E-state index in [4.69, 9.17) is 0 Å². The van der Waals surface area contributed by atoms with Gasteiger partial charge in [-0.2, -0.15) is 0 Å². The van der Waals surface area contributed by atoms with E-state index < -0.39 is 0 Å². The second kappa shape index (κ2) is 11.5. The van der Waals surface area contributed by atoms with Gasteiger partial charge in [-0.05, 0) is 123 Å². The van der Waals surface area contributed by atoms with Crippen molar-refractivity contribution in [2.75, 3.05) is 4.90 Å². The predicted octanol–water partition coefficient (Wildman–Crippen LogP) is 13.4. The molecule has 8 aromatic rings. The van der Waals surface area contributed by atoms with Crippen LogP contribution in [0.1, 0.15) is 51.7 Å². The van der Waals surface area contributed by atoms with Crippen LogP contribution in [0.2, 0.25) is 0 Å². The van der Waals surface area contributed by atoms with Gasteiger partial charge >= 0.3 is 0 Å². The van der Waals surface area contributed by atoms with E-state index in [0.717, 1.165) is 17.1 Å². The van der Waals surface area contributed by atoms with Crippen LogP contribution in [0, 0.1) is 0 Å². The van der Waals surface area contributed by atoms with Crippen molar-refractivity contribution in [2.45, 2.75) is 51.4 Å². The van der Waals surface area contributed by atoms with Gasteiger partial charge in [0, 0.05) is 33.5 Å². The Balaban J connectivity index is 1.18. The van der Waals surface area contributed by atoms with Crippen LogP contribution in [0.4, 0.5) is 17.1 Å². The van der Waals surface area contributed by atoms with Crippen molar-refractivity contribution >= 4 is 49.6 Å². The molecule has 0 spiro atoms. The molecule has 0 saturated carbocycles. The molecule has 1 aromatic heterocycles. The lowest BCUT2D eigenvalue weighted by Gasteiger charge is -2.42. The lowest BCUT2D eigenvalue weighted by atomic mass is 9.63. The first kappa shape index (κ1) is 30.5. The van der Waals surface area contributed by atoms with Gasteiger partial charge in [0.2, 0.25) is 0 Å². The van der Waals surface area contributed by atoms with Crippen molar-refractivity contribution < 1.29 is 0 Å². The van der Waals surface area contributed by atoms with Gasteiger partial charge in [0.1, 0.15) is 0 Å². The Morgan fingerprint density at radius 3 is 1.80 bits per heavy atom. The van der Waals surface area contributed by atoms with Crippen LogP contribution in [0.25, 0.3) is 49.4 Å². The van der Waals surface area contributed by atoms with Crippen LogP contribution in [0.3, 0.4) is 0 Å². The number of anilines is 3. The SMILES string of the molecule is CC1(C)CCC(C)(C)c2cc3cc(-c4cccc(N(c5ccccc5)c5ccc6c(c5)c5ccccc5n6-c5ccccc5)c4)ccc3cc21. The Kier molecular flexibility index (Phi) is 7.00. The van der Waals surface area contributed by atoms with Crippen LogP contribution in [-0.2, 0) is 10.8 Å².